The molecule has 1 aliphatic rings. The normalized spacial score (nSPS) is 18.4. The molecule has 0 radical (unpaired) electrons. The Labute approximate surface area is 177 Å². The summed E-state index contributed by atoms with van der Waals surface area (Å²) in [6, 6.07) is 4.80. The molecule has 1 heterocycles. The fourth-order valence-corrected chi connectivity index (χ4v) is 5.01. The highest BCUT2D eigenvalue weighted by Gasteiger charge is 2.32. The molecular formula is C19H28Cl2N2O4S. The molecule has 0 aromatic heterocycles. The number of sulfonamides is 1. The summed E-state index contributed by atoms with van der Waals surface area (Å²) < 4.78 is 32.4. The van der Waals surface area contributed by atoms with Gasteiger partial charge in [-0.05, 0) is 50.8 Å². The van der Waals surface area contributed by atoms with Crippen molar-refractivity contribution >= 4 is 39.1 Å². The second-order valence-corrected chi connectivity index (χ2v) is 10.0. The first kappa shape index (κ1) is 23.4. The van der Waals surface area contributed by atoms with Gasteiger partial charge in [0.2, 0.25) is 15.9 Å². The van der Waals surface area contributed by atoms with E-state index in [2.05, 4.69) is 5.32 Å². The molecule has 158 valence electrons. The van der Waals surface area contributed by atoms with E-state index in [4.69, 9.17) is 27.9 Å². The van der Waals surface area contributed by atoms with E-state index in [9.17, 15) is 13.2 Å². The van der Waals surface area contributed by atoms with E-state index in [1.807, 2.05) is 13.8 Å². The molecule has 1 N–H and O–H groups in total. The molecule has 1 aliphatic heterocycles. The molecule has 0 saturated carbocycles. The van der Waals surface area contributed by atoms with Gasteiger partial charge in [-0.25, -0.2) is 12.7 Å². The Morgan fingerprint density at radius 3 is 2.75 bits per heavy atom. The Morgan fingerprint density at radius 2 is 2.07 bits per heavy atom. The molecule has 28 heavy (non-hydrogen) atoms. The maximum Gasteiger partial charge on any atom is 0.224 e. The first-order chi connectivity index (χ1) is 13.2. The second kappa shape index (κ2) is 10.8. The minimum absolute atomic E-state index is 0.0982. The molecule has 1 amide bonds. The minimum atomic E-state index is -3.54. The summed E-state index contributed by atoms with van der Waals surface area (Å²) in [6.45, 7) is 5.68. The van der Waals surface area contributed by atoms with Gasteiger partial charge in [-0.3, -0.25) is 4.79 Å². The Morgan fingerprint density at radius 1 is 1.32 bits per heavy atom. The van der Waals surface area contributed by atoms with E-state index in [0.29, 0.717) is 48.1 Å². The number of ether oxygens (including phenoxy) is 1. The summed E-state index contributed by atoms with van der Waals surface area (Å²) in [7, 11) is -3.54. The van der Waals surface area contributed by atoms with Gasteiger partial charge in [0, 0.05) is 26.2 Å². The lowest BCUT2D eigenvalue weighted by Crippen LogP contribution is -2.46. The summed E-state index contributed by atoms with van der Waals surface area (Å²) >= 11 is 11.9. The number of amides is 1. The number of piperidine rings is 1. The van der Waals surface area contributed by atoms with Crippen LogP contribution in [-0.4, -0.2) is 51.0 Å². The van der Waals surface area contributed by atoms with Crippen molar-refractivity contribution in [2.45, 2.75) is 45.0 Å². The van der Waals surface area contributed by atoms with Gasteiger partial charge in [-0.2, -0.15) is 0 Å². The van der Waals surface area contributed by atoms with Crippen molar-refractivity contribution in [1.29, 1.82) is 0 Å². The van der Waals surface area contributed by atoms with Crippen LogP contribution < -0.4 is 5.32 Å². The lowest BCUT2D eigenvalue weighted by Gasteiger charge is -2.31. The molecule has 1 aromatic rings. The SMILES string of the molecule is CC(C)OCCCNC(=O)C1CCCN(S(=O)(=O)Cc2ccc(Cl)c(Cl)c2)C1. The van der Waals surface area contributed by atoms with Gasteiger partial charge in [-0.15, -0.1) is 0 Å². The van der Waals surface area contributed by atoms with Crippen LogP contribution in [0.4, 0.5) is 0 Å². The standard InChI is InChI=1S/C19H28Cl2N2O4S/c1-14(2)27-10-4-8-22-19(24)16-5-3-9-23(12-16)28(25,26)13-15-6-7-17(20)18(21)11-15/h6-7,11,14,16H,3-5,8-10,12-13H2,1-2H3,(H,22,24). The van der Waals surface area contributed by atoms with Crippen LogP contribution >= 0.6 is 23.2 Å². The first-order valence-electron chi connectivity index (χ1n) is 9.50. The van der Waals surface area contributed by atoms with Gasteiger partial charge in [0.1, 0.15) is 0 Å². The predicted molar refractivity (Wildman–Crippen MR) is 112 cm³/mol. The number of nitrogens with one attached hydrogen (secondary N) is 1. The third-order valence-electron chi connectivity index (χ3n) is 4.55. The fraction of sp³-hybridized carbons (Fsp3) is 0.632. The van der Waals surface area contributed by atoms with E-state index in [1.165, 1.54) is 4.31 Å². The third-order valence-corrected chi connectivity index (χ3v) is 7.11. The zero-order valence-corrected chi connectivity index (χ0v) is 18.6. The molecule has 1 unspecified atom stereocenters. The van der Waals surface area contributed by atoms with Gasteiger partial charge in [0.25, 0.3) is 0 Å². The van der Waals surface area contributed by atoms with E-state index in [0.717, 1.165) is 6.42 Å². The maximum absolute atomic E-state index is 12.8. The molecule has 0 spiro atoms. The lowest BCUT2D eigenvalue weighted by molar-refractivity contribution is -0.126. The average molecular weight is 451 g/mol. The molecule has 1 fully saturated rings. The number of hydrogen-bond acceptors (Lipinski definition) is 4. The molecule has 0 aliphatic carbocycles. The Bertz CT molecular complexity index is 771. The second-order valence-electron chi connectivity index (χ2n) is 7.27. The van der Waals surface area contributed by atoms with Crippen LogP contribution in [0.2, 0.25) is 10.0 Å². The monoisotopic (exact) mass is 450 g/mol. The number of halogens is 2. The number of rotatable bonds is 9. The molecule has 6 nitrogen and oxygen atoms in total. The molecule has 1 aromatic carbocycles. The summed E-state index contributed by atoms with van der Waals surface area (Å²) in [5, 5.41) is 3.60. The maximum atomic E-state index is 12.8. The van der Waals surface area contributed by atoms with E-state index < -0.39 is 10.0 Å². The third kappa shape index (κ3) is 7.19. The van der Waals surface area contributed by atoms with Crippen LogP contribution in [0.3, 0.4) is 0 Å². The van der Waals surface area contributed by atoms with E-state index in [1.54, 1.807) is 18.2 Å². The van der Waals surface area contributed by atoms with Crippen LogP contribution in [0.15, 0.2) is 18.2 Å². The quantitative estimate of drug-likeness (QED) is 0.584. The lowest BCUT2D eigenvalue weighted by atomic mass is 9.99. The highest BCUT2D eigenvalue weighted by Crippen LogP contribution is 2.26. The summed E-state index contributed by atoms with van der Waals surface area (Å²) in [6.07, 6.45) is 2.25. The number of carbonyl (C=O) groups is 1. The summed E-state index contributed by atoms with van der Waals surface area (Å²) in [5.41, 5.74) is 0.575. The zero-order chi connectivity index (χ0) is 20.7. The van der Waals surface area contributed by atoms with Gasteiger partial charge < -0.3 is 10.1 Å². The summed E-state index contributed by atoms with van der Waals surface area (Å²) in [4.78, 5) is 12.4. The molecule has 2 rings (SSSR count). The molecule has 1 atom stereocenters. The van der Waals surface area contributed by atoms with Crippen molar-refractivity contribution in [2.75, 3.05) is 26.2 Å². The van der Waals surface area contributed by atoms with Gasteiger partial charge in [0.15, 0.2) is 0 Å². The van der Waals surface area contributed by atoms with Crippen molar-refractivity contribution in [2.24, 2.45) is 5.92 Å². The zero-order valence-electron chi connectivity index (χ0n) is 16.3. The predicted octanol–water partition coefficient (Wildman–Crippen LogP) is 3.47. The van der Waals surface area contributed by atoms with Gasteiger partial charge in [0.05, 0.1) is 27.8 Å². The fourth-order valence-electron chi connectivity index (χ4n) is 3.09. The van der Waals surface area contributed by atoms with Crippen LogP contribution in [0, 0.1) is 5.92 Å². The number of benzene rings is 1. The first-order valence-corrected chi connectivity index (χ1v) is 11.9. The van der Waals surface area contributed by atoms with E-state index in [-0.39, 0.29) is 30.2 Å². The van der Waals surface area contributed by atoms with Gasteiger partial charge in [-0.1, -0.05) is 29.3 Å². The molecule has 1 saturated heterocycles. The largest absolute Gasteiger partial charge is 0.379 e. The van der Waals surface area contributed by atoms with Crippen molar-refractivity contribution in [3.05, 3.63) is 33.8 Å². The van der Waals surface area contributed by atoms with Crippen LogP contribution in [0.1, 0.15) is 38.7 Å². The number of nitrogens with zero attached hydrogens (tertiary/aromatic N) is 1. The van der Waals surface area contributed by atoms with Gasteiger partial charge >= 0.3 is 0 Å². The highest BCUT2D eigenvalue weighted by molar-refractivity contribution is 7.88. The van der Waals surface area contributed by atoms with Crippen molar-refractivity contribution in [3.8, 4) is 0 Å². The molecule has 9 heteroatoms. The Balaban J connectivity index is 1.88. The van der Waals surface area contributed by atoms with Crippen LogP contribution in [0.5, 0.6) is 0 Å². The van der Waals surface area contributed by atoms with Crippen molar-refractivity contribution in [1.82, 2.24) is 9.62 Å². The van der Waals surface area contributed by atoms with Crippen molar-refractivity contribution in [3.63, 3.8) is 0 Å². The average Bonchev–Trinajstić information content (AvgIpc) is 2.64. The van der Waals surface area contributed by atoms with Crippen LogP contribution in [0.25, 0.3) is 0 Å². The highest BCUT2D eigenvalue weighted by atomic mass is 35.5. The van der Waals surface area contributed by atoms with E-state index >= 15 is 0 Å². The smallest absolute Gasteiger partial charge is 0.224 e. The Hall–Kier alpha value is -0.860. The van der Waals surface area contributed by atoms with Crippen molar-refractivity contribution < 1.29 is 17.9 Å². The van der Waals surface area contributed by atoms with Crippen LogP contribution in [-0.2, 0) is 25.3 Å². The minimum Gasteiger partial charge on any atom is -0.379 e. The Kier molecular flexibility index (Phi) is 9.02. The molecular weight excluding hydrogens is 423 g/mol. The number of hydrogen-bond donors (Lipinski definition) is 1. The number of carbonyl (C=O) groups excluding carboxylic acids is 1. The summed E-state index contributed by atoms with van der Waals surface area (Å²) in [5.74, 6) is -0.590. The molecule has 0 bridgehead atoms. The topological polar surface area (TPSA) is 75.7 Å².